The molecular weight excluding hydrogens is 528 g/mol. The molecule has 12 heteroatoms. The summed E-state index contributed by atoms with van der Waals surface area (Å²) < 4.78 is 29.6. The average Bonchev–Trinajstić information content (AvgIpc) is 3.36. The number of likely N-dealkylation sites (N-methyl/N-ethyl adjacent to an activating group) is 1. The summed E-state index contributed by atoms with van der Waals surface area (Å²) in [5.41, 5.74) is 2.32. The highest BCUT2D eigenvalue weighted by Crippen LogP contribution is 2.37. The average molecular weight is 557 g/mol. The Bertz CT molecular complexity index is 1810. The van der Waals surface area contributed by atoms with Crippen molar-refractivity contribution in [3.63, 3.8) is 0 Å². The van der Waals surface area contributed by atoms with E-state index in [0.29, 0.717) is 17.1 Å². The monoisotopic (exact) mass is 556 g/mol. The number of hydrogen-bond donors (Lipinski definition) is 2. The first kappa shape index (κ1) is 25.8. The number of nitriles is 1. The molecule has 2 atom stereocenters. The SMILES string of the molecule is CN1CCC(Nc2ccc(Nc3ncc4cc(C#N)c(=O)n(C5Cc6ccccc6N(C)S5(=O)=O)c4n3)cc2)C1. The van der Waals surface area contributed by atoms with Gasteiger partial charge in [-0.3, -0.25) is 13.7 Å². The Balaban J connectivity index is 1.37. The Morgan fingerprint density at radius 1 is 1.07 bits per heavy atom. The quantitative estimate of drug-likeness (QED) is 0.380. The van der Waals surface area contributed by atoms with Crippen LogP contribution in [0.2, 0.25) is 0 Å². The van der Waals surface area contributed by atoms with E-state index in [2.05, 4.69) is 32.5 Å². The van der Waals surface area contributed by atoms with E-state index in [1.54, 1.807) is 12.1 Å². The summed E-state index contributed by atoms with van der Waals surface area (Å²) in [5.74, 6) is 0.199. The molecule has 2 aliphatic rings. The third-order valence-corrected chi connectivity index (χ3v) is 9.56. The van der Waals surface area contributed by atoms with Gasteiger partial charge in [-0.25, -0.2) is 13.4 Å². The number of likely N-dealkylation sites (tertiary alicyclic amines) is 1. The number of para-hydroxylation sites is 1. The summed E-state index contributed by atoms with van der Waals surface area (Å²) in [6.07, 6.45) is 2.64. The van der Waals surface area contributed by atoms with E-state index in [0.717, 1.165) is 41.0 Å². The largest absolute Gasteiger partial charge is 0.381 e. The van der Waals surface area contributed by atoms with Gasteiger partial charge in [-0.05, 0) is 62.0 Å². The third-order valence-electron chi connectivity index (χ3n) is 7.54. The fraction of sp³-hybridized carbons (Fsp3) is 0.286. The molecule has 0 radical (unpaired) electrons. The standard InChI is InChI=1S/C28H28N8O3S/c1-34-12-11-23(17-34)31-21-7-9-22(10-8-21)32-28-30-16-20-13-19(15-29)27(37)36(26(20)33-28)25-14-18-5-3-4-6-24(18)35(2)40(25,38)39/h3-10,13,16,23,25,31H,11-12,14,17H2,1-2H3,(H,30,32,33). The molecule has 6 rings (SSSR count). The molecule has 204 valence electrons. The molecule has 4 heterocycles. The highest BCUT2D eigenvalue weighted by atomic mass is 32.2. The molecule has 0 saturated carbocycles. The number of hydrogen-bond acceptors (Lipinski definition) is 9. The molecule has 1 fully saturated rings. The number of nitrogens with one attached hydrogen (secondary N) is 2. The van der Waals surface area contributed by atoms with Crippen molar-refractivity contribution in [1.29, 1.82) is 5.26 Å². The van der Waals surface area contributed by atoms with Gasteiger partial charge in [0.2, 0.25) is 5.95 Å². The van der Waals surface area contributed by atoms with Crippen LogP contribution in [-0.4, -0.2) is 61.1 Å². The van der Waals surface area contributed by atoms with Gasteiger partial charge in [-0.1, -0.05) is 18.2 Å². The van der Waals surface area contributed by atoms with Crippen LogP contribution in [0.5, 0.6) is 0 Å². The van der Waals surface area contributed by atoms with E-state index < -0.39 is 21.0 Å². The molecule has 1 saturated heterocycles. The first-order valence-corrected chi connectivity index (χ1v) is 14.4. The van der Waals surface area contributed by atoms with E-state index in [-0.39, 0.29) is 23.6 Å². The van der Waals surface area contributed by atoms with E-state index in [9.17, 15) is 18.5 Å². The fourth-order valence-corrected chi connectivity index (χ4v) is 7.09. The van der Waals surface area contributed by atoms with Crippen molar-refractivity contribution in [2.24, 2.45) is 0 Å². The lowest BCUT2D eigenvalue weighted by Crippen LogP contribution is -2.43. The second-order valence-corrected chi connectivity index (χ2v) is 12.3. The Morgan fingerprint density at radius 2 is 1.82 bits per heavy atom. The number of sulfonamides is 1. The minimum Gasteiger partial charge on any atom is -0.381 e. The third kappa shape index (κ3) is 4.53. The molecule has 2 unspecified atom stereocenters. The van der Waals surface area contributed by atoms with Gasteiger partial charge in [0.15, 0.2) is 5.37 Å². The van der Waals surface area contributed by atoms with Crippen LogP contribution in [0.4, 0.5) is 23.0 Å². The molecule has 2 aliphatic heterocycles. The van der Waals surface area contributed by atoms with Crippen LogP contribution in [0.3, 0.4) is 0 Å². The Hall–Kier alpha value is -4.47. The molecule has 0 aliphatic carbocycles. The number of benzene rings is 2. The van der Waals surface area contributed by atoms with Crippen molar-refractivity contribution in [2.75, 3.05) is 42.1 Å². The molecule has 40 heavy (non-hydrogen) atoms. The van der Waals surface area contributed by atoms with Crippen LogP contribution in [-0.2, 0) is 16.4 Å². The molecule has 0 bridgehead atoms. The van der Waals surface area contributed by atoms with Crippen LogP contribution in [0.15, 0.2) is 65.6 Å². The lowest BCUT2D eigenvalue weighted by atomic mass is 10.1. The molecule has 4 aromatic rings. The molecule has 11 nitrogen and oxygen atoms in total. The maximum Gasteiger partial charge on any atom is 0.271 e. The lowest BCUT2D eigenvalue weighted by molar-refractivity contribution is 0.414. The van der Waals surface area contributed by atoms with Crippen LogP contribution < -0.4 is 20.5 Å². The van der Waals surface area contributed by atoms with E-state index in [4.69, 9.17) is 0 Å². The summed E-state index contributed by atoms with van der Waals surface area (Å²) >= 11 is 0. The lowest BCUT2D eigenvalue weighted by Gasteiger charge is -2.34. The van der Waals surface area contributed by atoms with Crippen LogP contribution in [0, 0.1) is 11.3 Å². The predicted molar refractivity (Wildman–Crippen MR) is 154 cm³/mol. The number of pyridine rings is 1. The molecular formula is C28H28N8O3S. The molecule has 2 aromatic carbocycles. The van der Waals surface area contributed by atoms with Gasteiger partial charge in [0.25, 0.3) is 15.6 Å². The first-order chi connectivity index (χ1) is 19.2. The molecule has 0 spiro atoms. The van der Waals surface area contributed by atoms with Gasteiger partial charge in [0.1, 0.15) is 17.3 Å². The fourth-order valence-electron chi connectivity index (χ4n) is 5.42. The van der Waals surface area contributed by atoms with Crippen LogP contribution in [0.25, 0.3) is 11.0 Å². The summed E-state index contributed by atoms with van der Waals surface area (Å²) in [5, 5.41) is 15.4. The van der Waals surface area contributed by atoms with E-state index in [1.807, 2.05) is 42.5 Å². The van der Waals surface area contributed by atoms with Gasteiger partial charge < -0.3 is 15.5 Å². The van der Waals surface area contributed by atoms with Gasteiger partial charge in [-0.15, -0.1) is 0 Å². The summed E-state index contributed by atoms with van der Waals surface area (Å²) in [6, 6.07) is 18.6. The van der Waals surface area contributed by atoms with E-state index in [1.165, 1.54) is 23.6 Å². The number of anilines is 4. The van der Waals surface area contributed by atoms with E-state index >= 15 is 0 Å². The van der Waals surface area contributed by atoms with Gasteiger partial charge in [0.05, 0.1) is 5.69 Å². The van der Waals surface area contributed by atoms with Crippen molar-refractivity contribution >= 4 is 44.1 Å². The molecule has 2 N–H and O–H groups in total. The predicted octanol–water partition coefficient (Wildman–Crippen LogP) is 3.04. The first-order valence-electron chi connectivity index (χ1n) is 12.9. The number of rotatable bonds is 5. The van der Waals surface area contributed by atoms with Crippen molar-refractivity contribution in [3.8, 4) is 6.07 Å². The van der Waals surface area contributed by atoms with Crippen LogP contribution in [0.1, 0.15) is 22.9 Å². The summed E-state index contributed by atoms with van der Waals surface area (Å²) in [4.78, 5) is 24.7. The van der Waals surface area contributed by atoms with Crippen molar-refractivity contribution in [1.82, 2.24) is 19.4 Å². The minimum atomic E-state index is -4.00. The Morgan fingerprint density at radius 3 is 2.55 bits per heavy atom. The zero-order chi connectivity index (χ0) is 28.0. The maximum atomic E-state index is 13.6. The molecule has 0 amide bonds. The van der Waals surface area contributed by atoms with Crippen molar-refractivity contribution in [3.05, 3.63) is 82.3 Å². The van der Waals surface area contributed by atoms with Gasteiger partial charge >= 0.3 is 0 Å². The van der Waals surface area contributed by atoms with Crippen molar-refractivity contribution < 1.29 is 8.42 Å². The second-order valence-electron chi connectivity index (χ2n) is 10.2. The Kier molecular flexibility index (Phi) is 6.40. The smallest absolute Gasteiger partial charge is 0.271 e. The minimum absolute atomic E-state index is 0.0603. The Labute approximate surface area is 231 Å². The number of nitrogens with zero attached hydrogens (tertiary/aromatic N) is 6. The normalized spacial score (nSPS) is 20.2. The molecule has 2 aromatic heterocycles. The summed E-state index contributed by atoms with van der Waals surface area (Å²) in [7, 11) is -0.425. The number of aromatic nitrogens is 3. The summed E-state index contributed by atoms with van der Waals surface area (Å²) in [6.45, 7) is 2.07. The number of fused-ring (bicyclic) bond motifs is 2. The second kappa shape index (κ2) is 9.93. The van der Waals surface area contributed by atoms with Gasteiger partial charge in [0, 0.05) is 49.0 Å². The zero-order valence-electron chi connectivity index (χ0n) is 22.1. The highest BCUT2D eigenvalue weighted by molar-refractivity contribution is 7.92. The van der Waals surface area contributed by atoms with Crippen LogP contribution >= 0.6 is 0 Å². The van der Waals surface area contributed by atoms with Crippen molar-refractivity contribution in [2.45, 2.75) is 24.3 Å². The zero-order valence-corrected chi connectivity index (χ0v) is 22.9. The highest BCUT2D eigenvalue weighted by Gasteiger charge is 2.39. The topological polar surface area (TPSA) is 136 Å². The van der Waals surface area contributed by atoms with Gasteiger partial charge in [-0.2, -0.15) is 10.2 Å². The maximum absolute atomic E-state index is 13.6.